The molecule has 0 aliphatic carbocycles. The van der Waals surface area contributed by atoms with Crippen molar-refractivity contribution in [3.8, 4) is 5.75 Å². The number of carbonyl (C=O) groups is 2. The number of anilines is 2. The van der Waals surface area contributed by atoms with Crippen LogP contribution in [0.15, 0.2) is 18.2 Å². The van der Waals surface area contributed by atoms with E-state index in [1.54, 1.807) is 25.3 Å². The van der Waals surface area contributed by atoms with Crippen molar-refractivity contribution in [1.29, 1.82) is 0 Å². The minimum Gasteiger partial charge on any atom is -0.497 e. The van der Waals surface area contributed by atoms with E-state index in [4.69, 9.17) is 10.5 Å². The van der Waals surface area contributed by atoms with Gasteiger partial charge >= 0.3 is 0 Å². The van der Waals surface area contributed by atoms with Crippen LogP contribution in [0.4, 0.5) is 11.4 Å². The number of halogens is 1. The number of rotatable bonds is 8. The Kier molecular flexibility index (Phi) is 9.78. The Labute approximate surface area is 137 Å². The lowest BCUT2D eigenvalue weighted by atomic mass is 10.2. The van der Waals surface area contributed by atoms with Crippen LogP contribution in [0, 0.1) is 0 Å². The van der Waals surface area contributed by atoms with Crippen LogP contribution in [-0.4, -0.2) is 25.5 Å². The maximum absolute atomic E-state index is 11.8. The van der Waals surface area contributed by atoms with Gasteiger partial charge in [-0.2, -0.15) is 0 Å². The molecule has 0 radical (unpaired) electrons. The molecule has 0 saturated heterocycles. The summed E-state index contributed by atoms with van der Waals surface area (Å²) in [5.74, 6) is 0.433. The highest BCUT2D eigenvalue weighted by Crippen LogP contribution is 2.24. The van der Waals surface area contributed by atoms with Crippen LogP contribution < -0.4 is 21.1 Å². The summed E-state index contributed by atoms with van der Waals surface area (Å²) in [6.07, 6.45) is 2.03. The second-order valence-corrected chi connectivity index (χ2v) is 4.70. The Balaban J connectivity index is 0.00000441. The molecule has 0 aromatic heterocycles. The fourth-order valence-corrected chi connectivity index (χ4v) is 1.75. The predicted molar refractivity (Wildman–Crippen MR) is 90.4 cm³/mol. The molecule has 0 saturated carbocycles. The van der Waals surface area contributed by atoms with Gasteiger partial charge in [0.25, 0.3) is 0 Å². The number of carbonyl (C=O) groups excluding carboxylic acids is 2. The number of hydrogen-bond acceptors (Lipinski definition) is 4. The van der Waals surface area contributed by atoms with E-state index in [-0.39, 0.29) is 30.6 Å². The molecule has 0 unspecified atom stereocenters. The van der Waals surface area contributed by atoms with Gasteiger partial charge in [-0.05, 0) is 25.0 Å². The number of nitrogens with one attached hydrogen (secondary N) is 2. The molecule has 0 atom stereocenters. The predicted octanol–water partition coefficient (Wildman–Crippen LogP) is 2.33. The van der Waals surface area contributed by atoms with E-state index in [1.165, 1.54) is 0 Å². The van der Waals surface area contributed by atoms with Crippen LogP contribution in [0.1, 0.15) is 32.6 Å². The van der Waals surface area contributed by atoms with Crippen molar-refractivity contribution in [3.63, 3.8) is 0 Å². The lowest BCUT2D eigenvalue weighted by Gasteiger charge is -2.10. The van der Waals surface area contributed by atoms with Gasteiger partial charge in [-0.1, -0.05) is 6.92 Å². The molecule has 0 aliphatic rings. The molecule has 1 aromatic rings. The molecule has 1 aromatic carbocycles. The molecule has 0 bridgehead atoms. The zero-order valence-corrected chi connectivity index (χ0v) is 13.8. The van der Waals surface area contributed by atoms with Crippen LogP contribution in [0.5, 0.6) is 5.75 Å². The standard InChI is InChI=1S/C15H23N3O3.ClH/c1-3-9-17-14(19)5-4-6-15(20)18-13-10-11(21-2)7-8-12(13)16;/h7-8,10H,3-6,9,16H2,1-2H3,(H,17,19)(H,18,20);1H. The Morgan fingerprint density at radius 3 is 2.55 bits per heavy atom. The fourth-order valence-electron chi connectivity index (χ4n) is 1.75. The fraction of sp³-hybridized carbons (Fsp3) is 0.467. The summed E-state index contributed by atoms with van der Waals surface area (Å²) in [5.41, 5.74) is 6.79. The zero-order valence-electron chi connectivity index (χ0n) is 13.0. The third-order valence-corrected chi connectivity index (χ3v) is 2.91. The molecule has 0 aliphatic heterocycles. The molecular weight excluding hydrogens is 306 g/mol. The van der Waals surface area contributed by atoms with Gasteiger partial charge in [0, 0.05) is 25.5 Å². The van der Waals surface area contributed by atoms with Gasteiger partial charge in [0.05, 0.1) is 18.5 Å². The number of hydrogen-bond donors (Lipinski definition) is 3. The lowest BCUT2D eigenvalue weighted by molar-refractivity contribution is -0.121. The summed E-state index contributed by atoms with van der Waals surface area (Å²) in [4.78, 5) is 23.2. The molecule has 6 nitrogen and oxygen atoms in total. The SMILES string of the molecule is CCCNC(=O)CCCC(=O)Nc1cc(OC)ccc1N.Cl. The van der Waals surface area contributed by atoms with Crippen molar-refractivity contribution in [2.75, 3.05) is 24.7 Å². The normalized spacial score (nSPS) is 9.55. The first kappa shape index (κ1) is 20.1. The molecule has 7 heteroatoms. The van der Waals surface area contributed by atoms with Crippen molar-refractivity contribution >= 4 is 35.6 Å². The van der Waals surface area contributed by atoms with E-state index in [1.807, 2.05) is 6.92 Å². The summed E-state index contributed by atoms with van der Waals surface area (Å²) in [6, 6.07) is 5.07. The Bertz CT molecular complexity index is 495. The topological polar surface area (TPSA) is 93.5 Å². The van der Waals surface area contributed by atoms with Gasteiger partial charge in [0.2, 0.25) is 11.8 Å². The van der Waals surface area contributed by atoms with Crippen molar-refractivity contribution in [2.24, 2.45) is 0 Å². The average molecular weight is 330 g/mol. The maximum Gasteiger partial charge on any atom is 0.224 e. The average Bonchev–Trinajstić information content (AvgIpc) is 2.47. The molecular formula is C15H24ClN3O3. The highest BCUT2D eigenvalue weighted by atomic mass is 35.5. The molecule has 22 heavy (non-hydrogen) atoms. The number of nitrogens with two attached hydrogens (primary N) is 1. The van der Waals surface area contributed by atoms with Crippen molar-refractivity contribution in [1.82, 2.24) is 5.32 Å². The summed E-state index contributed by atoms with van der Waals surface area (Å²) in [6.45, 7) is 2.66. The van der Waals surface area contributed by atoms with Gasteiger partial charge in [-0.15, -0.1) is 12.4 Å². The molecule has 1 rings (SSSR count). The van der Waals surface area contributed by atoms with Gasteiger partial charge in [0.15, 0.2) is 0 Å². The van der Waals surface area contributed by atoms with Crippen molar-refractivity contribution in [2.45, 2.75) is 32.6 Å². The van der Waals surface area contributed by atoms with Crippen LogP contribution >= 0.6 is 12.4 Å². The lowest BCUT2D eigenvalue weighted by Crippen LogP contribution is -2.24. The molecule has 0 spiro atoms. The van der Waals surface area contributed by atoms with Crippen LogP contribution in [0.3, 0.4) is 0 Å². The molecule has 2 amide bonds. The van der Waals surface area contributed by atoms with Crippen molar-refractivity contribution < 1.29 is 14.3 Å². The number of ether oxygens (including phenoxy) is 1. The highest BCUT2D eigenvalue weighted by molar-refractivity contribution is 5.94. The molecule has 0 heterocycles. The minimum atomic E-state index is -0.168. The first-order chi connectivity index (χ1) is 10.1. The van der Waals surface area contributed by atoms with Gasteiger partial charge in [-0.3, -0.25) is 9.59 Å². The third-order valence-electron chi connectivity index (χ3n) is 2.91. The van der Waals surface area contributed by atoms with E-state index in [0.717, 1.165) is 6.42 Å². The van der Waals surface area contributed by atoms with Crippen LogP contribution in [-0.2, 0) is 9.59 Å². The van der Waals surface area contributed by atoms with E-state index in [9.17, 15) is 9.59 Å². The van der Waals surface area contributed by atoms with E-state index in [2.05, 4.69) is 10.6 Å². The van der Waals surface area contributed by atoms with E-state index in [0.29, 0.717) is 36.5 Å². The molecule has 124 valence electrons. The summed E-state index contributed by atoms with van der Waals surface area (Å²) < 4.78 is 5.08. The molecule has 0 fully saturated rings. The van der Waals surface area contributed by atoms with Crippen LogP contribution in [0.2, 0.25) is 0 Å². The second kappa shape index (κ2) is 10.7. The Morgan fingerprint density at radius 1 is 1.23 bits per heavy atom. The first-order valence-electron chi connectivity index (χ1n) is 7.07. The van der Waals surface area contributed by atoms with Gasteiger partial charge in [0.1, 0.15) is 5.75 Å². The Hall–Kier alpha value is -1.95. The van der Waals surface area contributed by atoms with Crippen molar-refractivity contribution in [3.05, 3.63) is 18.2 Å². The molecule has 4 N–H and O–H groups in total. The summed E-state index contributed by atoms with van der Waals surface area (Å²) >= 11 is 0. The van der Waals surface area contributed by atoms with Gasteiger partial charge < -0.3 is 21.1 Å². The second-order valence-electron chi connectivity index (χ2n) is 4.70. The largest absolute Gasteiger partial charge is 0.497 e. The minimum absolute atomic E-state index is 0. The van der Waals surface area contributed by atoms with E-state index < -0.39 is 0 Å². The quantitative estimate of drug-likeness (QED) is 0.638. The Morgan fingerprint density at radius 2 is 1.91 bits per heavy atom. The number of methoxy groups -OCH3 is 1. The highest BCUT2D eigenvalue weighted by Gasteiger charge is 2.08. The first-order valence-corrected chi connectivity index (χ1v) is 7.07. The zero-order chi connectivity index (χ0) is 15.7. The number of amides is 2. The summed E-state index contributed by atoms with van der Waals surface area (Å²) in [5, 5.41) is 5.50. The summed E-state index contributed by atoms with van der Waals surface area (Å²) in [7, 11) is 1.55. The van der Waals surface area contributed by atoms with Gasteiger partial charge in [-0.25, -0.2) is 0 Å². The maximum atomic E-state index is 11.8. The third kappa shape index (κ3) is 7.17. The monoisotopic (exact) mass is 329 g/mol. The van der Waals surface area contributed by atoms with Crippen LogP contribution in [0.25, 0.3) is 0 Å². The smallest absolute Gasteiger partial charge is 0.224 e. The number of nitrogen functional groups attached to an aromatic ring is 1. The number of benzene rings is 1. The van der Waals surface area contributed by atoms with E-state index >= 15 is 0 Å².